The van der Waals surface area contributed by atoms with Gasteiger partial charge in [-0.1, -0.05) is 18.2 Å². The number of amides is 1. The Kier molecular flexibility index (Phi) is 6.56. The molecule has 0 aliphatic heterocycles. The third-order valence-electron chi connectivity index (χ3n) is 3.24. The van der Waals surface area contributed by atoms with Gasteiger partial charge < -0.3 is 15.4 Å². The fourth-order valence-electron chi connectivity index (χ4n) is 2.11. The van der Waals surface area contributed by atoms with Gasteiger partial charge in [0.15, 0.2) is 0 Å². The number of rotatable bonds is 8. The minimum Gasteiger partial charge on any atom is -0.489 e. The molecule has 0 saturated carbocycles. The summed E-state index contributed by atoms with van der Waals surface area (Å²) in [7, 11) is 1.86. The topological polar surface area (TPSA) is 50.4 Å². The lowest BCUT2D eigenvalue weighted by molar-refractivity contribution is -0.116. The molecule has 2 aromatic carbocycles. The van der Waals surface area contributed by atoms with Crippen LogP contribution in [0.25, 0.3) is 0 Å². The van der Waals surface area contributed by atoms with E-state index >= 15 is 0 Å². The Balaban J connectivity index is 1.88. The van der Waals surface area contributed by atoms with E-state index in [-0.39, 0.29) is 18.3 Å². The molecule has 1 amide bonds. The molecule has 0 saturated heterocycles. The van der Waals surface area contributed by atoms with E-state index < -0.39 is 0 Å². The van der Waals surface area contributed by atoms with Gasteiger partial charge >= 0.3 is 0 Å². The molecule has 0 radical (unpaired) electrons. The third-order valence-corrected chi connectivity index (χ3v) is 3.24. The maximum atomic E-state index is 13.1. The summed E-state index contributed by atoms with van der Waals surface area (Å²) in [6.07, 6.45) is 1.26. The summed E-state index contributed by atoms with van der Waals surface area (Å²) in [5.74, 6) is 0.318. The van der Waals surface area contributed by atoms with Crippen LogP contribution in [0.1, 0.15) is 18.4 Å². The average Bonchev–Trinajstić information content (AvgIpc) is 2.54. The molecule has 4 nitrogen and oxygen atoms in total. The monoisotopic (exact) mass is 316 g/mol. The highest BCUT2D eigenvalue weighted by atomic mass is 19.1. The van der Waals surface area contributed by atoms with Crippen molar-refractivity contribution in [3.63, 3.8) is 0 Å². The van der Waals surface area contributed by atoms with Crippen LogP contribution < -0.4 is 15.4 Å². The number of carbonyl (C=O) groups is 1. The zero-order chi connectivity index (χ0) is 16.5. The standard InChI is InChI=1S/C18H21FN2O2/c1-20-10-4-9-18(22)21-16-7-3-8-17(12-16)23-13-14-5-2-6-15(19)11-14/h2-3,5-8,11-12,20H,4,9-10,13H2,1H3,(H,21,22). The van der Waals surface area contributed by atoms with E-state index in [1.54, 1.807) is 24.3 Å². The molecule has 122 valence electrons. The molecule has 0 aliphatic carbocycles. The van der Waals surface area contributed by atoms with Crippen LogP contribution in [0.15, 0.2) is 48.5 Å². The van der Waals surface area contributed by atoms with E-state index in [9.17, 15) is 9.18 Å². The smallest absolute Gasteiger partial charge is 0.224 e. The summed E-state index contributed by atoms with van der Waals surface area (Å²) in [5, 5.41) is 5.85. The van der Waals surface area contributed by atoms with Crippen LogP contribution in [0.3, 0.4) is 0 Å². The van der Waals surface area contributed by atoms with Crippen molar-refractivity contribution >= 4 is 11.6 Å². The van der Waals surface area contributed by atoms with Crippen LogP contribution in [0, 0.1) is 5.82 Å². The molecular formula is C18H21FN2O2. The normalized spacial score (nSPS) is 10.3. The summed E-state index contributed by atoms with van der Waals surface area (Å²) < 4.78 is 18.8. The number of hydrogen-bond acceptors (Lipinski definition) is 3. The second-order valence-corrected chi connectivity index (χ2v) is 5.20. The van der Waals surface area contributed by atoms with Gasteiger partial charge in [-0.2, -0.15) is 0 Å². The summed E-state index contributed by atoms with van der Waals surface area (Å²) in [4.78, 5) is 11.8. The summed E-state index contributed by atoms with van der Waals surface area (Å²) in [6.45, 7) is 1.08. The van der Waals surface area contributed by atoms with Crippen molar-refractivity contribution in [3.8, 4) is 5.75 Å². The Morgan fingerprint density at radius 2 is 2.00 bits per heavy atom. The van der Waals surface area contributed by atoms with E-state index in [0.717, 1.165) is 18.5 Å². The van der Waals surface area contributed by atoms with Gasteiger partial charge in [0, 0.05) is 18.2 Å². The lowest BCUT2D eigenvalue weighted by Gasteiger charge is -2.09. The molecule has 2 rings (SSSR count). The zero-order valence-electron chi connectivity index (χ0n) is 13.1. The second-order valence-electron chi connectivity index (χ2n) is 5.20. The zero-order valence-corrected chi connectivity index (χ0v) is 13.1. The Morgan fingerprint density at radius 1 is 1.17 bits per heavy atom. The molecule has 0 aromatic heterocycles. The molecular weight excluding hydrogens is 295 g/mol. The van der Waals surface area contributed by atoms with Crippen molar-refractivity contribution < 1.29 is 13.9 Å². The molecule has 0 heterocycles. The fourth-order valence-corrected chi connectivity index (χ4v) is 2.11. The SMILES string of the molecule is CNCCCC(=O)Nc1cccc(OCc2cccc(F)c2)c1. The van der Waals surface area contributed by atoms with Crippen LogP contribution in [0.5, 0.6) is 5.75 Å². The van der Waals surface area contributed by atoms with Gasteiger partial charge in [0.05, 0.1) is 0 Å². The number of carbonyl (C=O) groups excluding carboxylic acids is 1. The first kappa shape index (κ1) is 17.0. The molecule has 0 unspecified atom stereocenters. The van der Waals surface area contributed by atoms with Gasteiger partial charge in [-0.05, 0) is 49.8 Å². The van der Waals surface area contributed by atoms with Gasteiger partial charge in [-0.3, -0.25) is 4.79 Å². The second kappa shape index (κ2) is 8.90. The maximum Gasteiger partial charge on any atom is 0.224 e. The van der Waals surface area contributed by atoms with Crippen LogP contribution in [0.4, 0.5) is 10.1 Å². The minimum absolute atomic E-state index is 0.0254. The highest BCUT2D eigenvalue weighted by Crippen LogP contribution is 2.19. The van der Waals surface area contributed by atoms with E-state index in [1.807, 2.05) is 19.2 Å². The van der Waals surface area contributed by atoms with Gasteiger partial charge in [0.1, 0.15) is 18.2 Å². The van der Waals surface area contributed by atoms with Crippen molar-refractivity contribution in [3.05, 3.63) is 59.9 Å². The molecule has 0 atom stereocenters. The van der Waals surface area contributed by atoms with E-state index in [1.165, 1.54) is 12.1 Å². The number of benzene rings is 2. The van der Waals surface area contributed by atoms with E-state index in [0.29, 0.717) is 17.9 Å². The molecule has 2 N–H and O–H groups in total. The molecule has 2 aromatic rings. The van der Waals surface area contributed by atoms with Crippen LogP contribution in [0.2, 0.25) is 0 Å². The van der Waals surface area contributed by atoms with Gasteiger partial charge in [-0.25, -0.2) is 4.39 Å². The summed E-state index contributed by atoms with van der Waals surface area (Å²) >= 11 is 0. The van der Waals surface area contributed by atoms with Gasteiger partial charge in [-0.15, -0.1) is 0 Å². The average molecular weight is 316 g/mol. The number of anilines is 1. The lowest BCUT2D eigenvalue weighted by atomic mass is 10.2. The van der Waals surface area contributed by atoms with Crippen LogP contribution in [-0.2, 0) is 11.4 Å². The maximum absolute atomic E-state index is 13.1. The minimum atomic E-state index is -0.284. The van der Waals surface area contributed by atoms with Crippen molar-refractivity contribution in [1.82, 2.24) is 5.32 Å². The van der Waals surface area contributed by atoms with Crippen molar-refractivity contribution in [1.29, 1.82) is 0 Å². The summed E-state index contributed by atoms with van der Waals surface area (Å²) in [6, 6.07) is 13.5. The highest BCUT2D eigenvalue weighted by Gasteiger charge is 2.04. The van der Waals surface area contributed by atoms with Crippen molar-refractivity contribution in [2.45, 2.75) is 19.4 Å². The van der Waals surface area contributed by atoms with Crippen molar-refractivity contribution in [2.75, 3.05) is 18.9 Å². The first-order valence-electron chi connectivity index (χ1n) is 7.59. The quantitative estimate of drug-likeness (QED) is 0.734. The van der Waals surface area contributed by atoms with Gasteiger partial charge in [0.25, 0.3) is 0 Å². The predicted octanol–water partition coefficient (Wildman–Crippen LogP) is 3.34. The third kappa shape index (κ3) is 6.08. The lowest BCUT2D eigenvalue weighted by Crippen LogP contribution is -2.15. The van der Waals surface area contributed by atoms with Crippen molar-refractivity contribution in [2.24, 2.45) is 0 Å². The Hall–Kier alpha value is -2.40. The first-order chi connectivity index (χ1) is 11.2. The molecule has 0 aliphatic rings. The molecule has 23 heavy (non-hydrogen) atoms. The largest absolute Gasteiger partial charge is 0.489 e. The summed E-state index contributed by atoms with van der Waals surface area (Å²) in [5.41, 5.74) is 1.45. The number of nitrogens with one attached hydrogen (secondary N) is 2. The highest BCUT2D eigenvalue weighted by molar-refractivity contribution is 5.90. The van der Waals surface area contributed by atoms with Crippen LogP contribution >= 0.6 is 0 Å². The first-order valence-corrected chi connectivity index (χ1v) is 7.59. The number of ether oxygens (including phenoxy) is 1. The molecule has 5 heteroatoms. The Labute approximate surface area is 135 Å². The fraction of sp³-hybridized carbons (Fsp3) is 0.278. The van der Waals surface area contributed by atoms with E-state index in [2.05, 4.69) is 10.6 Å². The number of hydrogen-bond donors (Lipinski definition) is 2. The molecule has 0 bridgehead atoms. The molecule has 0 fully saturated rings. The number of halogens is 1. The predicted molar refractivity (Wildman–Crippen MR) is 89.0 cm³/mol. The Bertz CT molecular complexity index is 646. The van der Waals surface area contributed by atoms with Crippen LogP contribution in [-0.4, -0.2) is 19.5 Å². The van der Waals surface area contributed by atoms with E-state index in [4.69, 9.17) is 4.74 Å². The molecule has 0 spiro atoms. The van der Waals surface area contributed by atoms with Gasteiger partial charge in [0.2, 0.25) is 5.91 Å². The Morgan fingerprint density at radius 3 is 2.78 bits per heavy atom.